The molecule has 1 fully saturated rings. The van der Waals surface area contributed by atoms with E-state index >= 15 is 0 Å². The van der Waals surface area contributed by atoms with Crippen LogP contribution in [0.1, 0.15) is 17.2 Å². The summed E-state index contributed by atoms with van der Waals surface area (Å²) >= 11 is 0. The molecule has 3 aromatic rings. The first-order chi connectivity index (χ1) is 15.7. The van der Waals surface area contributed by atoms with E-state index in [1.165, 1.54) is 11.1 Å². The molecule has 0 unspecified atom stereocenters. The highest BCUT2D eigenvalue weighted by atomic mass is 16.5. The first-order valence-corrected chi connectivity index (χ1v) is 10.8. The van der Waals surface area contributed by atoms with Crippen molar-refractivity contribution in [1.29, 1.82) is 0 Å². The molecule has 1 heterocycles. The van der Waals surface area contributed by atoms with Gasteiger partial charge in [-0.25, -0.2) is 4.79 Å². The SMILES string of the molecule is COc1cccc(OC)c1NC(=O)N1CCN(C(c2ccccc2)c2ccccc2)CC1. The van der Waals surface area contributed by atoms with Crippen LogP contribution in [-0.4, -0.2) is 56.2 Å². The second kappa shape index (κ2) is 10.2. The minimum absolute atomic E-state index is 0.150. The second-order valence-corrected chi connectivity index (χ2v) is 7.71. The number of methoxy groups -OCH3 is 2. The van der Waals surface area contributed by atoms with Gasteiger partial charge >= 0.3 is 6.03 Å². The lowest BCUT2D eigenvalue weighted by atomic mass is 9.96. The highest BCUT2D eigenvalue weighted by molar-refractivity contribution is 5.93. The summed E-state index contributed by atoms with van der Waals surface area (Å²) in [4.78, 5) is 17.3. The number of anilines is 1. The molecule has 0 aliphatic carbocycles. The van der Waals surface area contributed by atoms with Gasteiger partial charge in [0.25, 0.3) is 0 Å². The van der Waals surface area contributed by atoms with Crippen molar-refractivity contribution < 1.29 is 14.3 Å². The predicted molar refractivity (Wildman–Crippen MR) is 126 cm³/mol. The number of benzene rings is 3. The van der Waals surface area contributed by atoms with Crippen LogP contribution in [0.15, 0.2) is 78.9 Å². The molecule has 0 aromatic heterocycles. The number of rotatable bonds is 6. The minimum atomic E-state index is -0.150. The molecule has 32 heavy (non-hydrogen) atoms. The Labute approximate surface area is 189 Å². The third-order valence-corrected chi connectivity index (χ3v) is 5.86. The molecular formula is C26H29N3O3. The number of nitrogens with one attached hydrogen (secondary N) is 1. The van der Waals surface area contributed by atoms with Crippen LogP contribution in [0.3, 0.4) is 0 Å². The van der Waals surface area contributed by atoms with Gasteiger partial charge in [-0.15, -0.1) is 0 Å². The molecule has 1 aliphatic heterocycles. The first-order valence-electron chi connectivity index (χ1n) is 10.8. The molecule has 2 amide bonds. The number of nitrogens with zero attached hydrogens (tertiary/aromatic N) is 2. The molecule has 6 heteroatoms. The molecule has 1 N–H and O–H groups in total. The van der Waals surface area contributed by atoms with Gasteiger partial charge in [-0.1, -0.05) is 66.7 Å². The molecule has 166 valence electrons. The largest absolute Gasteiger partial charge is 0.494 e. The van der Waals surface area contributed by atoms with Gasteiger partial charge in [0.15, 0.2) is 0 Å². The highest BCUT2D eigenvalue weighted by Crippen LogP contribution is 2.34. The topological polar surface area (TPSA) is 54.0 Å². The molecule has 3 aromatic carbocycles. The molecule has 0 saturated carbocycles. The number of hydrogen-bond acceptors (Lipinski definition) is 4. The average molecular weight is 432 g/mol. The lowest BCUT2D eigenvalue weighted by Gasteiger charge is -2.39. The fraction of sp³-hybridized carbons (Fsp3) is 0.269. The Morgan fingerprint density at radius 2 is 1.25 bits per heavy atom. The van der Waals surface area contributed by atoms with Crippen molar-refractivity contribution in [1.82, 2.24) is 9.80 Å². The Kier molecular flexibility index (Phi) is 6.92. The Hall–Kier alpha value is -3.51. The van der Waals surface area contributed by atoms with Crippen LogP contribution in [-0.2, 0) is 0 Å². The van der Waals surface area contributed by atoms with Crippen molar-refractivity contribution in [2.45, 2.75) is 6.04 Å². The van der Waals surface area contributed by atoms with Crippen molar-refractivity contribution in [3.63, 3.8) is 0 Å². The number of piperazine rings is 1. The van der Waals surface area contributed by atoms with Crippen LogP contribution in [0.4, 0.5) is 10.5 Å². The average Bonchev–Trinajstić information content (AvgIpc) is 2.86. The summed E-state index contributed by atoms with van der Waals surface area (Å²) in [5.74, 6) is 1.15. The van der Waals surface area contributed by atoms with Crippen LogP contribution in [0.25, 0.3) is 0 Å². The lowest BCUT2D eigenvalue weighted by molar-refractivity contribution is 0.126. The number of para-hydroxylation sites is 1. The first kappa shape index (κ1) is 21.7. The molecular weight excluding hydrogens is 402 g/mol. The van der Waals surface area contributed by atoms with Crippen LogP contribution < -0.4 is 14.8 Å². The molecule has 0 bridgehead atoms. The number of amides is 2. The molecule has 1 saturated heterocycles. The van der Waals surface area contributed by atoms with E-state index in [0.717, 1.165) is 13.1 Å². The zero-order valence-corrected chi connectivity index (χ0v) is 18.5. The van der Waals surface area contributed by atoms with E-state index in [1.54, 1.807) is 26.4 Å². The van der Waals surface area contributed by atoms with Crippen LogP contribution in [0.2, 0.25) is 0 Å². The summed E-state index contributed by atoms with van der Waals surface area (Å²) in [5.41, 5.74) is 3.07. The third kappa shape index (κ3) is 4.70. The molecule has 0 atom stereocenters. The van der Waals surface area contributed by atoms with E-state index in [0.29, 0.717) is 30.3 Å². The van der Waals surface area contributed by atoms with E-state index in [4.69, 9.17) is 9.47 Å². The zero-order valence-electron chi connectivity index (χ0n) is 18.5. The van der Waals surface area contributed by atoms with Gasteiger partial charge in [0, 0.05) is 26.2 Å². The Bertz CT molecular complexity index is 957. The monoisotopic (exact) mass is 431 g/mol. The van der Waals surface area contributed by atoms with Crippen molar-refractivity contribution in [3.05, 3.63) is 90.0 Å². The number of carbonyl (C=O) groups is 1. The van der Waals surface area contributed by atoms with E-state index < -0.39 is 0 Å². The summed E-state index contributed by atoms with van der Waals surface area (Å²) < 4.78 is 10.8. The molecule has 6 nitrogen and oxygen atoms in total. The molecule has 0 spiro atoms. The fourth-order valence-electron chi connectivity index (χ4n) is 4.23. The summed E-state index contributed by atoms with van der Waals surface area (Å²) in [7, 11) is 3.16. The van der Waals surface area contributed by atoms with Gasteiger partial charge in [-0.2, -0.15) is 0 Å². The molecule has 0 radical (unpaired) electrons. The van der Waals surface area contributed by atoms with E-state index in [-0.39, 0.29) is 12.1 Å². The van der Waals surface area contributed by atoms with Crippen LogP contribution in [0.5, 0.6) is 11.5 Å². The number of hydrogen-bond donors (Lipinski definition) is 1. The van der Waals surface area contributed by atoms with Crippen molar-refractivity contribution in [2.24, 2.45) is 0 Å². The Balaban J connectivity index is 1.47. The van der Waals surface area contributed by atoms with Crippen LogP contribution >= 0.6 is 0 Å². The standard InChI is InChI=1S/C26H29N3O3/c1-31-22-14-9-15-23(32-2)24(22)27-26(30)29-18-16-28(17-19-29)25(20-10-5-3-6-11-20)21-12-7-4-8-13-21/h3-15,25H,16-19H2,1-2H3,(H,27,30). The predicted octanol–water partition coefficient (Wildman–Crippen LogP) is 4.64. The maximum Gasteiger partial charge on any atom is 0.322 e. The van der Waals surface area contributed by atoms with Crippen molar-refractivity contribution >= 4 is 11.7 Å². The fourth-order valence-corrected chi connectivity index (χ4v) is 4.23. The van der Waals surface area contributed by atoms with Gasteiger partial charge in [0.2, 0.25) is 0 Å². The van der Waals surface area contributed by atoms with Gasteiger partial charge in [-0.05, 0) is 23.3 Å². The minimum Gasteiger partial charge on any atom is -0.494 e. The van der Waals surface area contributed by atoms with Crippen LogP contribution in [0, 0.1) is 0 Å². The summed E-state index contributed by atoms with van der Waals surface area (Å²) in [6, 6.07) is 26.5. The summed E-state index contributed by atoms with van der Waals surface area (Å²) in [5, 5.41) is 2.98. The van der Waals surface area contributed by atoms with E-state index in [1.807, 2.05) is 23.1 Å². The lowest BCUT2D eigenvalue weighted by Crippen LogP contribution is -2.51. The van der Waals surface area contributed by atoms with Crippen molar-refractivity contribution in [2.75, 3.05) is 45.7 Å². The summed E-state index contributed by atoms with van der Waals surface area (Å²) in [6.07, 6.45) is 0. The maximum absolute atomic E-state index is 13.0. The third-order valence-electron chi connectivity index (χ3n) is 5.86. The Morgan fingerprint density at radius 1 is 0.750 bits per heavy atom. The zero-order chi connectivity index (χ0) is 22.3. The molecule has 1 aliphatic rings. The number of ether oxygens (including phenoxy) is 2. The quantitative estimate of drug-likeness (QED) is 0.618. The number of carbonyl (C=O) groups excluding carboxylic acids is 1. The Morgan fingerprint density at radius 3 is 1.72 bits per heavy atom. The van der Waals surface area contributed by atoms with Gasteiger partial charge < -0.3 is 19.7 Å². The normalized spacial score (nSPS) is 14.3. The molecule has 4 rings (SSSR count). The van der Waals surface area contributed by atoms with Gasteiger partial charge in [0.1, 0.15) is 17.2 Å². The van der Waals surface area contributed by atoms with E-state index in [9.17, 15) is 4.79 Å². The smallest absolute Gasteiger partial charge is 0.322 e. The number of urea groups is 1. The second-order valence-electron chi connectivity index (χ2n) is 7.71. The maximum atomic E-state index is 13.0. The van der Waals surface area contributed by atoms with Crippen molar-refractivity contribution in [3.8, 4) is 11.5 Å². The van der Waals surface area contributed by atoms with Gasteiger partial charge in [0.05, 0.1) is 20.3 Å². The summed E-state index contributed by atoms with van der Waals surface area (Å²) in [6.45, 7) is 2.84. The van der Waals surface area contributed by atoms with E-state index in [2.05, 4.69) is 58.7 Å². The van der Waals surface area contributed by atoms with Gasteiger partial charge in [-0.3, -0.25) is 4.90 Å². The highest BCUT2D eigenvalue weighted by Gasteiger charge is 2.28.